The molecule has 1 N–H and O–H groups in total. The number of hydrogen-bond acceptors (Lipinski definition) is 6. The monoisotopic (exact) mass is 412 g/mol. The lowest BCUT2D eigenvalue weighted by Gasteiger charge is -2.47. The minimum absolute atomic E-state index is 0.116. The Hall–Kier alpha value is -1.83. The number of carbonyl (C=O) groups excluding carboxylic acids is 1. The summed E-state index contributed by atoms with van der Waals surface area (Å²) in [5.74, 6) is 0.457. The van der Waals surface area contributed by atoms with Gasteiger partial charge in [-0.2, -0.15) is 0 Å². The second-order valence-electron chi connectivity index (χ2n) is 7.93. The number of nitrogens with zero attached hydrogens (tertiary/aromatic N) is 3. The molecule has 1 aromatic carbocycles. The molecule has 2 aromatic heterocycles. The van der Waals surface area contributed by atoms with Crippen LogP contribution >= 0.6 is 22.7 Å². The number of thiazole rings is 2. The Bertz CT molecular complexity index is 978. The Balaban J connectivity index is 1.27. The number of nitrogens with one attached hydrogen (secondary N) is 1. The van der Waals surface area contributed by atoms with Crippen LogP contribution in [0.2, 0.25) is 0 Å². The first-order valence-electron chi connectivity index (χ1n) is 10.0. The molecule has 1 saturated carbocycles. The van der Waals surface area contributed by atoms with E-state index in [4.69, 9.17) is 4.98 Å². The molecule has 0 radical (unpaired) electrons. The van der Waals surface area contributed by atoms with E-state index in [9.17, 15) is 4.79 Å². The van der Waals surface area contributed by atoms with Crippen molar-refractivity contribution < 1.29 is 4.79 Å². The Morgan fingerprint density at radius 1 is 1.29 bits per heavy atom. The summed E-state index contributed by atoms with van der Waals surface area (Å²) in [7, 11) is 0. The van der Waals surface area contributed by atoms with Crippen molar-refractivity contribution in [1.29, 1.82) is 0 Å². The Kier molecular flexibility index (Phi) is 4.90. The predicted molar refractivity (Wildman–Crippen MR) is 115 cm³/mol. The van der Waals surface area contributed by atoms with E-state index < -0.39 is 0 Å². The zero-order valence-corrected chi connectivity index (χ0v) is 17.6. The summed E-state index contributed by atoms with van der Waals surface area (Å²) in [5, 5.41) is 6.56. The van der Waals surface area contributed by atoms with Gasteiger partial charge in [0.05, 0.1) is 15.2 Å². The number of aromatic nitrogens is 2. The van der Waals surface area contributed by atoms with Crippen LogP contribution in [0.4, 0.5) is 5.13 Å². The number of piperidine rings is 1. The number of anilines is 1. The SMILES string of the molecule is CC1CCCCN1C1CC(c2nc3ccc(C(=O)Nc4nccs4)cc3s2)C1. The number of carbonyl (C=O) groups is 1. The van der Waals surface area contributed by atoms with Crippen LogP contribution in [0.3, 0.4) is 0 Å². The lowest BCUT2D eigenvalue weighted by Crippen LogP contribution is -2.50. The zero-order chi connectivity index (χ0) is 19.1. The molecule has 1 saturated heterocycles. The molecule has 1 aliphatic carbocycles. The highest BCUT2D eigenvalue weighted by Gasteiger charge is 2.38. The molecule has 3 aromatic rings. The molecule has 3 heterocycles. The van der Waals surface area contributed by atoms with E-state index in [-0.39, 0.29) is 5.91 Å². The maximum Gasteiger partial charge on any atom is 0.257 e. The van der Waals surface area contributed by atoms with Crippen LogP contribution in [-0.4, -0.2) is 39.4 Å². The van der Waals surface area contributed by atoms with Gasteiger partial charge in [0, 0.05) is 35.1 Å². The Morgan fingerprint density at radius 2 is 2.18 bits per heavy atom. The number of fused-ring (bicyclic) bond motifs is 1. The molecule has 146 valence electrons. The summed E-state index contributed by atoms with van der Waals surface area (Å²) in [4.78, 5) is 24.1. The first-order valence-corrected chi connectivity index (χ1v) is 11.7. The fourth-order valence-electron chi connectivity index (χ4n) is 4.44. The van der Waals surface area contributed by atoms with E-state index in [1.807, 2.05) is 23.6 Å². The van der Waals surface area contributed by atoms with E-state index in [0.717, 1.165) is 22.3 Å². The van der Waals surface area contributed by atoms with E-state index in [1.165, 1.54) is 55.0 Å². The third-order valence-electron chi connectivity index (χ3n) is 6.11. The standard InChI is InChI=1S/C21H24N4OS2/c1-13-4-2-3-8-25(13)16-10-15(11-16)20-23-17-6-5-14(12-18(17)28-20)19(26)24-21-22-7-9-27-21/h5-7,9,12-13,15-16H,2-4,8,10-11H2,1H3,(H,22,24,26). The minimum atomic E-state index is -0.116. The fourth-order valence-corrected chi connectivity index (χ4v) is 6.09. The van der Waals surface area contributed by atoms with Gasteiger partial charge >= 0.3 is 0 Å². The molecule has 5 nitrogen and oxygen atoms in total. The number of benzene rings is 1. The van der Waals surface area contributed by atoms with Gasteiger partial charge in [0.15, 0.2) is 5.13 Å². The lowest BCUT2D eigenvalue weighted by atomic mass is 9.78. The highest BCUT2D eigenvalue weighted by atomic mass is 32.1. The van der Waals surface area contributed by atoms with Gasteiger partial charge in [-0.1, -0.05) is 6.42 Å². The third kappa shape index (κ3) is 3.47. The van der Waals surface area contributed by atoms with Crippen LogP contribution < -0.4 is 5.32 Å². The Morgan fingerprint density at radius 3 is 2.96 bits per heavy atom. The van der Waals surface area contributed by atoms with Gasteiger partial charge in [-0.3, -0.25) is 15.0 Å². The van der Waals surface area contributed by atoms with E-state index in [2.05, 4.69) is 22.1 Å². The first kappa shape index (κ1) is 18.2. The van der Waals surface area contributed by atoms with Crippen molar-refractivity contribution in [3.63, 3.8) is 0 Å². The van der Waals surface area contributed by atoms with Crippen molar-refractivity contribution in [2.45, 2.75) is 57.0 Å². The predicted octanol–water partition coefficient (Wildman–Crippen LogP) is 5.13. The Labute approximate surface area is 172 Å². The second-order valence-corrected chi connectivity index (χ2v) is 9.89. The van der Waals surface area contributed by atoms with Crippen molar-refractivity contribution in [3.05, 3.63) is 40.3 Å². The maximum absolute atomic E-state index is 12.4. The molecule has 1 aliphatic heterocycles. The molecule has 0 bridgehead atoms. The molecule has 28 heavy (non-hydrogen) atoms. The topological polar surface area (TPSA) is 58.1 Å². The molecule has 1 atom stereocenters. The highest BCUT2D eigenvalue weighted by Crippen LogP contribution is 2.44. The second kappa shape index (κ2) is 7.54. The van der Waals surface area contributed by atoms with Crippen LogP contribution in [0, 0.1) is 0 Å². The molecule has 7 heteroatoms. The van der Waals surface area contributed by atoms with E-state index in [0.29, 0.717) is 16.6 Å². The van der Waals surface area contributed by atoms with Gasteiger partial charge in [-0.05, 0) is 57.4 Å². The van der Waals surface area contributed by atoms with Crippen LogP contribution in [-0.2, 0) is 0 Å². The van der Waals surface area contributed by atoms with Gasteiger partial charge in [-0.25, -0.2) is 9.97 Å². The van der Waals surface area contributed by atoms with Crippen molar-refractivity contribution >= 4 is 43.9 Å². The van der Waals surface area contributed by atoms with Crippen molar-refractivity contribution in [1.82, 2.24) is 14.9 Å². The third-order valence-corrected chi connectivity index (χ3v) is 7.97. The van der Waals surface area contributed by atoms with Crippen LogP contribution in [0.15, 0.2) is 29.8 Å². The maximum atomic E-state index is 12.4. The zero-order valence-electron chi connectivity index (χ0n) is 15.9. The van der Waals surface area contributed by atoms with Crippen LogP contribution in [0.5, 0.6) is 0 Å². The summed E-state index contributed by atoms with van der Waals surface area (Å²) in [6.07, 6.45) is 8.20. The van der Waals surface area contributed by atoms with Gasteiger partial charge in [0.1, 0.15) is 0 Å². The van der Waals surface area contributed by atoms with Crippen LogP contribution in [0.1, 0.15) is 60.3 Å². The van der Waals surface area contributed by atoms with Crippen LogP contribution in [0.25, 0.3) is 10.2 Å². The van der Waals surface area contributed by atoms with Gasteiger partial charge in [-0.15, -0.1) is 22.7 Å². The number of amides is 1. The minimum Gasteiger partial charge on any atom is -0.298 e. The van der Waals surface area contributed by atoms with Gasteiger partial charge < -0.3 is 0 Å². The summed E-state index contributed by atoms with van der Waals surface area (Å²) >= 11 is 3.17. The van der Waals surface area contributed by atoms with Gasteiger partial charge in [0.25, 0.3) is 5.91 Å². The molecule has 2 fully saturated rings. The average Bonchev–Trinajstić information content (AvgIpc) is 3.30. The summed E-state index contributed by atoms with van der Waals surface area (Å²) < 4.78 is 1.09. The molecule has 0 spiro atoms. The molecule has 1 unspecified atom stereocenters. The van der Waals surface area contributed by atoms with E-state index >= 15 is 0 Å². The van der Waals surface area contributed by atoms with Gasteiger partial charge in [0.2, 0.25) is 0 Å². The average molecular weight is 413 g/mol. The summed E-state index contributed by atoms with van der Waals surface area (Å²) in [6, 6.07) is 7.24. The fraction of sp³-hybridized carbons (Fsp3) is 0.476. The number of hydrogen-bond donors (Lipinski definition) is 1. The lowest BCUT2D eigenvalue weighted by molar-refractivity contribution is 0.0480. The molecular weight excluding hydrogens is 388 g/mol. The highest BCUT2D eigenvalue weighted by molar-refractivity contribution is 7.18. The van der Waals surface area contributed by atoms with Crippen molar-refractivity contribution in [2.24, 2.45) is 0 Å². The quantitative estimate of drug-likeness (QED) is 0.646. The van der Waals surface area contributed by atoms with Crippen molar-refractivity contribution in [3.8, 4) is 0 Å². The first-order chi connectivity index (χ1) is 13.7. The summed E-state index contributed by atoms with van der Waals surface area (Å²) in [6.45, 7) is 3.64. The smallest absolute Gasteiger partial charge is 0.257 e. The molecule has 1 amide bonds. The van der Waals surface area contributed by atoms with E-state index in [1.54, 1.807) is 17.5 Å². The number of likely N-dealkylation sites (tertiary alicyclic amines) is 1. The molecule has 5 rings (SSSR count). The van der Waals surface area contributed by atoms with Crippen molar-refractivity contribution in [2.75, 3.05) is 11.9 Å². The largest absolute Gasteiger partial charge is 0.298 e. The summed E-state index contributed by atoms with van der Waals surface area (Å²) in [5.41, 5.74) is 1.66. The number of rotatable bonds is 4. The molecular formula is C21H24N4OS2. The normalized spacial score (nSPS) is 25.5. The molecule has 2 aliphatic rings.